The number of unbranched alkanes of at least 4 members (excludes halogenated alkanes) is 1. The minimum atomic E-state index is -0.441. The predicted octanol–water partition coefficient (Wildman–Crippen LogP) is 2.62. The molecule has 0 aliphatic rings. The summed E-state index contributed by atoms with van der Waals surface area (Å²) in [4.78, 5) is 11.8. The van der Waals surface area contributed by atoms with E-state index in [9.17, 15) is 4.79 Å². The molecule has 0 fully saturated rings. The van der Waals surface area contributed by atoms with Crippen LogP contribution >= 0.6 is 0 Å². The van der Waals surface area contributed by atoms with Crippen LogP contribution in [0.1, 0.15) is 45.1 Å². The summed E-state index contributed by atoms with van der Waals surface area (Å²) in [6, 6.07) is 5.24. The van der Waals surface area contributed by atoms with Gasteiger partial charge in [0.1, 0.15) is 0 Å². The van der Waals surface area contributed by atoms with E-state index < -0.39 is 6.04 Å². The molecule has 124 valence electrons. The molecule has 0 saturated heterocycles. The Hall–Kier alpha value is -1.75. The van der Waals surface area contributed by atoms with E-state index in [2.05, 4.69) is 12.2 Å². The molecule has 0 spiro atoms. The molecule has 22 heavy (non-hydrogen) atoms. The molecule has 0 radical (unpaired) electrons. The molecule has 1 unspecified atom stereocenters. The lowest BCUT2D eigenvalue weighted by molar-refractivity contribution is -0.122. The molecular formula is C17H28N2O3. The maximum absolute atomic E-state index is 11.8. The summed E-state index contributed by atoms with van der Waals surface area (Å²) in [5.41, 5.74) is 6.74. The molecule has 0 aliphatic carbocycles. The van der Waals surface area contributed by atoms with Gasteiger partial charge < -0.3 is 20.5 Å². The monoisotopic (exact) mass is 308 g/mol. The van der Waals surface area contributed by atoms with Crippen LogP contribution < -0.4 is 20.5 Å². The minimum Gasteiger partial charge on any atom is -0.493 e. The molecule has 1 amide bonds. The average Bonchev–Trinajstić information content (AvgIpc) is 2.53. The lowest BCUT2D eigenvalue weighted by Crippen LogP contribution is -2.40. The fourth-order valence-corrected chi connectivity index (χ4v) is 2.03. The van der Waals surface area contributed by atoms with E-state index in [1.165, 1.54) is 0 Å². The number of carbonyl (C=O) groups excluding carboxylic acids is 1. The second-order valence-electron chi connectivity index (χ2n) is 5.30. The third-order valence-corrected chi connectivity index (χ3v) is 3.39. The molecule has 1 aromatic rings. The maximum Gasteiger partial charge on any atom is 0.237 e. The van der Waals surface area contributed by atoms with Crippen molar-refractivity contribution < 1.29 is 14.3 Å². The van der Waals surface area contributed by atoms with Crippen molar-refractivity contribution in [3.63, 3.8) is 0 Å². The number of ether oxygens (including phenoxy) is 2. The van der Waals surface area contributed by atoms with E-state index in [1.54, 1.807) is 7.11 Å². The molecule has 0 aliphatic heterocycles. The van der Waals surface area contributed by atoms with Gasteiger partial charge in [-0.25, -0.2) is 0 Å². The normalized spacial score (nSPS) is 11.8. The largest absolute Gasteiger partial charge is 0.493 e. The molecular weight excluding hydrogens is 280 g/mol. The van der Waals surface area contributed by atoms with Crippen LogP contribution in [0, 0.1) is 0 Å². The minimum absolute atomic E-state index is 0.121. The van der Waals surface area contributed by atoms with Gasteiger partial charge in [-0.2, -0.15) is 0 Å². The van der Waals surface area contributed by atoms with Crippen molar-refractivity contribution in [1.29, 1.82) is 0 Å². The lowest BCUT2D eigenvalue weighted by atomic mass is 10.1. The van der Waals surface area contributed by atoms with Crippen LogP contribution in [0.2, 0.25) is 0 Å². The van der Waals surface area contributed by atoms with Gasteiger partial charge in [-0.05, 0) is 30.5 Å². The highest BCUT2D eigenvalue weighted by atomic mass is 16.5. The van der Waals surface area contributed by atoms with Crippen LogP contribution in [0.4, 0.5) is 0 Å². The van der Waals surface area contributed by atoms with E-state index in [0.29, 0.717) is 25.3 Å². The van der Waals surface area contributed by atoms with Crippen LogP contribution in [-0.4, -0.2) is 25.7 Å². The number of methoxy groups -OCH3 is 1. The number of amides is 1. The summed E-state index contributed by atoms with van der Waals surface area (Å²) in [5, 5.41) is 2.85. The van der Waals surface area contributed by atoms with Gasteiger partial charge in [0.25, 0.3) is 0 Å². The molecule has 5 heteroatoms. The SMILES string of the molecule is CCCCOc1ccc(CNC(=O)C(N)CCC)cc1OC. The lowest BCUT2D eigenvalue weighted by Gasteiger charge is -2.14. The summed E-state index contributed by atoms with van der Waals surface area (Å²) >= 11 is 0. The van der Waals surface area contributed by atoms with E-state index in [4.69, 9.17) is 15.2 Å². The number of carbonyl (C=O) groups is 1. The third kappa shape index (κ3) is 5.93. The molecule has 0 heterocycles. The van der Waals surface area contributed by atoms with Crippen LogP contribution in [0.25, 0.3) is 0 Å². The van der Waals surface area contributed by atoms with E-state index >= 15 is 0 Å². The first-order valence-corrected chi connectivity index (χ1v) is 7.95. The van der Waals surface area contributed by atoms with Gasteiger partial charge in [0, 0.05) is 6.54 Å². The van der Waals surface area contributed by atoms with Gasteiger partial charge in [0.05, 0.1) is 19.8 Å². The maximum atomic E-state index is 11.8. The van der Waals surface area contributed by atoms with Crippen molar-refractivity contribution in [2.75, 3.05) is 13.7 Å². The standard InChI is InChI=1S/C17H28N2O3/c1-4-6-10-22-15-9-8-13(11-16(15)21-3)12-19-17(20)14(18)7-5-2/h8-9,11,14H,4-7,10,12,18H2,1-3H3,(H,19,20). The predicted molar refractivity (Wildman–Crippen MR) is 88.1 cm³/mol. The van der Waals surface area contributed by atoms with Crippen molar-refractivity contribution in [2.45, 2.75) is 52.1 Å². The number of hydrogen-bond acceptors (Lipinski definition) is 4. The Labute approximate surface area is 133 Å². The van der Waals surface area contributed by atoms with E-state index in [0.717, 1.165) is 30.6 Å². The fourth-order valence-electron chi connectivity index (χ4n) is 2.03. The highest BCUT2D eigenvalue weighted by Gasteiger charge is 2.12. The Balaban J connectivity index is 2.59. The highest BCUT2D eigenvalue weighted by molar-refractivity contribution is 5.81. The van der Waals surface area contributed by atoms with Crippen LogP contribution in [0.15, 0.2) is 18.2 Å². The average molecular weight is 308 g/mol. The van der Waals surface area contributed by atoms with Crippen LogP contribution in [-0.2, 0) is 11.3 Å². The van der Waals surface area contributed by atoms with E-state index in [1.807, 2.05) is 25.1 Å². The Morgan fingerprint density at radius 2 is 2.05 bits per heavy atom. The zero-order valence-corrected chi connectivity index (χ0v) is 13.9. The van der Waals surface area contributed by atoms with Gasteiger partial charge in [-0.1, -0.05) is 32.8 Å². The molecule has 1 rings (SSSR count). The number of nitrogens with two attached hydrogens (primary N) is 1. The Bertz CT molecular complexity index is 463. The van der Waals surface area contributed by atoms with Crippen LogP contribution in [0.3, 0.4) is 0 Å². The van der Waals surface area contributed by atoms with E-state index in [-0.39, 0.29) is 5.91 Å². The Kier molecular flexibility index (Phi) is 8.36. The smallest absolute Gasteiger partial charge is 0.237 e. The first kappa shape index (κ1) is 18.3. The summed E-state index contributed by atoms with van der Waals surface area (Å²) in [5.74, 6) is 1.29. The fraction of sp³-hybridized carbons (Fsp3) is 0.588. The third-order valence-electron chi connectivity index (χ3n) is 3.39. The molecule has 0 aromatic heterocycles. The second kappa shape index (κ2) is 10.1. The van der Waals surface area contributed by atoms with Gasteiger partial charge in [-0.15, -0.1) is 0 Å². The van der Waals surface area contributed by atoms with Gasteiger partial charge >= 0.3 is 0 Å². The summed E-state index contributed by atoms with van der Waals surface area (Å²) in [6.07, 6.45) is 3.69. The zero-order chi connectivity index (χ0) is 16.4. The first-order valence-electron chi connectivity index (χ1n) is 7.95. The topological polar surface area (TPSA) is 73.6 Å². The Morgan fingerprint density at radius 1 is 1.27 bits per heavy atom. The van der Waals surface area contributed by atoms with Gasteiger partial charge in [0.2, 0.25) is 5.91 Å². The molecule has 0 bridgehead atoms. The van der Waals surface area contributed by atoms with Gasteiger partial charge in [0.15, 0.2) is 11.5 Å². The Morgan fingerprint density at radius 3 is 2.68 bits per heavy atom. The summed E-state index contributed by atoms with van der Waals surface area (Å²) in [6.45, 7) is 5.24. The van der Waals surface area contributed by atoms with Crippen molar-refractivity contribution in [2.24, 2.45) is 5.73 Å². The van der Waals surface area contributed by atoms with Crippen molar-refractivity contribution >= 4 is 5.91 Å². The molecule has 1 atom stereocenters. The van der Waals surface area contributed by atoms with Gasteiger partial charge in [-0.3, -0.25) is 4.79 Å². The number of nitrogens with one attached hydrogen (secondary N) is 1. The number of benzene rings is 1. The zero-order valence-electron chi connectivity index (χ0n) is 13.9. The first-order chi connectivity index (χ1) is 10.6. The van der Waals surface area contributed by atoms with Crippen molar-refractivity contribution in [3.8, 4) is 11.5 Å². The van der Waals surface area contributed by atoms with Crippen LogP contribution in [0.5, 0.6) is 11.5 Å². The second-order valence-corrected chi connectivity index (χ2v) is 5.30. The van der Waals surface area contributed by atoms with Crippen molar-refractivity contribution in [3.05, 3.63) is 23.8 Å². The number of rotatable bonds is 10. The molecule has 3 N–H and O–H groups in total. The molecule has 1 aromatic carbocycles. The molecule has 5 nitrogen and oxygen atoms in total. The summed E-state index contributed by atoms with van der Waals surface area (Å²) in [7, 11) is 1.61. The number of hydrogen-bond donors (Lipinski definition) is 2. The highest BCUT2D eigenvalue weighted by Crippen LogP contribution is 2.28. The quantitative estimate of drug-likeness (QED) is 0.652. The molecule has 0 saturated carbocycles. The van der Waals surface area contributed by atoms with Crippen molar-refractivity contribution in [1.82, 2.24) is 5.32 Å². The summed E-state index contributed by atoms with van der Waals surface area (Å²) < 4.78 is 11.0.